The monoisotopic (exact) mass is 631 g/mol. The summed E-state index contributed by atoms with van der Waals surface area (Å²) in [4.78, 5) is 40.7. The smallest absolute Gasteiger partial charge is 0.416 e. The van der Waals surface area contributed by atoms with E-state index in [2.05, 4.69) is 5.32 Å². The molecule has 1 aromatic heterocycles. The molecule has 1 amide bonds. The summed E-state index contributed by atoms with van der Waals surface area (Å²) < 4.78 is 58.3. The quantitative estimate of drug-likeness (QED) is 0.219. The van der Waals surface area contributed by atoms with Crippen LogP contribution in [0.3, 0.4) is 0 Å². The molecule has 0 aliphatic carbocycles. The van der Waals surface area contributed by atoms with Crippen LogP contribution < -0.4 is 10.9 Å². The second-order valence-electron chi connectivity index (χ2n) is 12.3. The van der Waals surface area contributed by atoms with Crippen molar-refractivity contribution < 1.29 is 32.3 Å². The number of aliphatic carboxylic acids is 1. The van der Waals surface area contributed by atoms with Gasteiger partial charge >= 0.3 is 12.1 Å². The van der Waals surface area contributed by atoms with Crippen molar-refractivity contribution in [3.63, 3.8) is 0 Å². The molecule has 3 rings (SSSR count). The van der Waals surface area contributed by atoms with Gasteiger partial charge < -0.3 is 19.9 Å². The molecule has 0 aliphatic heterocycles. The van der Waals surface area contributed by atoms with Gasteiger partial charge in [0.25, 0.3) is 5.56 Å². The number of nitrogens with one attached hydrogen (secondary N) is 1. The van der Waals surface area contributed by atoms with Gasteiger partial charge in [0.1, 0.15) is 11.9 Å². The first-order chi connectivity index (χ1) is 20.9. The maximum Gasteiger partial charge on any atom is 0.416 e. The molecule has 3 aromatic rings. The highest BCUT2D eigenvalue weighted by Gasteiger charge is 2.36. The van der Waals surface area contributed by atoms with E-state index in [0.29, 0.717) is 11.6 Å². The third-order valence-corrected chi connectivity index (χ3v) is 7.75. The fourth-order valence-corrected chi connectivity index (χ4v) is 5.58. The minimum Gasteiger partial charge on any atom is -0.481 e. The number of aromatic nitrogens is 1. The van der Waals surface area contributed by atoms with Crippen LogP contribution in [-0.2, 0) is 22.2 Å². The number of pyridine rings is 1. The molecular formula is C34H41F4N3O4. The van der Waals surface area contributed by atoms with E-state index in [1.165, 1.54) is 6.07 Å². The largest absolute Gasteiger partial charge is 0.481 e. The number of alkyl halides is 3. The van der Waals surface area contributed by atoms with Crippen molar-refractivity contribution in [3.05, 3.63) is 92.1 Å². The lowest BCUT2D eigenvalue weighted by atomic mass is 9.90. The Hall–Kier alpha value is -3.99. The predicted octanol–water partition coefficient (Wildman–Crippen LogP) is 6.62. The molecule has 0 fully saturated rings. The van der Waals surface area contributed by atoms with E-state index < -0.39 is 53.5 Å². The van der Waals surface area contributed by atoms with E-state index in [1.54, 1.807) is 45.8 Å². The number of likely N-dealkylation sites (N-methyl/N-ethyl adjacent to an activating group) is 1. The summed E-state index contributed by atoms with van der Waals surface area (Å²) in [6.07, 6.45) is -4.34. The van der Waals surface area contributed by atoms with Gasteiger partial charge in [-0.25, -0.2) is 4.39 Å². The number of carboxylic acids is 1. The number of carboxylic acid groups (broad SMARTS) is 1. The van der Waals surface area contributed by atoms with Crippen LogP contribution in [-0.4, -0.2) is 47.1 Å². The van der Waals surface area contributed by atoms with E-state index in [9.17, 15) is 32.7 Å². The van der Waals surface area contributed by atoms with Crippen LogP contribution in [0.15, 0.2) is 47.4 Å². The van der Waals surface area contributed by atoms with Crippen molar-refractivity contribution in [1.82, 2.24) is 14.8 Å². The first-order valence-corrected chi connectivity index (χ1v) is 14.8. The number of rotatable bonds is 12. The van der Waals surface area contributed by atoms with Crippen LogP contribution in [0.5, 0.6) is 0 Å². The van der Waals surface area contributed by atoms with Crippen molar-refractivity contribution in [3.8, 4) is 11.1 Å². The third-order valence-electron chi connectivity index (χ3n) is 7.75. The highest BCUT2D eigenvalue weighted by atomic mass is 19.4. The van der Waals surface area contributed by atoms with Crippen LogP contribution in [0.2, 0.25) is 0 Å². The second kappa shape index (κ2) is 14.4. The maximum absolute atomic E-state index is 15.7. The highest BCUT2D eigenvalue weighted by molar-refractivity contribution is 5.82. The number of nitrogens with zero attached hydrogens (tertiary/aromatic N) is 2. The summed E-state index contributed by atoms with van der Waals surface area (Å²) in [6.45, 7) is 9.19. The van der Waals surface area contributed by atoms with Crippen molar-refractivity contribution in [1.29, 1.82) is 0 Å². The third kappa shape index (κ3) is 8.81. The minimum absolute atomic E-state index is 0.0324. The zero-order chi connectivity index (χ0) is 33.8. The zero-order valence-corrected chi connectivity index (χ0v) is 26.7. The SMILES string of the molecule is Cc1cc(-c2c(C)cccc2C)cc([C@H](CC(=O)O)NC(=O)C(CC(C)C)n2cc(CCN(C)C)c(C(F)(F)F)cc2=O)c1F. The normalized spacial score (nSPS) is 13.3. The summed E-state index contributed by atoms with van der Waals surface area (Å²) in [5, 5.41) is 12.4. The molecule has 1 unspecified atom stereocenters. The molecule has 0 bridgehead atoms. The van der Waals surface area contributed by atoms with Gasteiger partial charge in [0.05, 0.1) is 18.0 Å². The number of amides is 1. The summed E-state index contributed by atoms with van der Waals surface area (Å²) in [7, 11) is 3.41. The lowest BCUT2D eigenvalue weighted by Gasteiger charge is -2.27. The molecule has 2 N–H and O–H groups in total. The number of hydrogen-bond acceptors (Lipinski definition) is 4. The lowest BCUT2D eigenvalue weighted by Crippen LogP contribution is -2.41. The van der Waals surface area contributed by atoms with Crippen LogP contribution in [0, 0.1) is 32.5 Å². The predicted molar refractivity (Wildman–Crippen MR) is 166 cm³/mol. The molecule has 7 nitrogen and oxygen atoms in total. The standard InChI is InChI=1S/C34H41F4N3O4/c1-19(2)13-28(41-18-23(11-12-40(6)7)26(16-29(41)42)34(36,37)38)33(45)39-27(17-30(43)44)25-15-24(14-22(5)32(25)35)31-20(3)9-8-10-21(31)4/h8-10,14-16,18-19,27-28H,11-13,17H2,1-7H3,(H,39,45)(H,43,44)/t27-,28?/m0/s1. The van der Waals surface area contributed by atoms with E-state index in [4.69, 9.17) is 0 Å². The van der Waals surface area contributed by atoms with Crippen LogP contribution in [0.25, 0.3) is 11.1 Å². The summed E-state index contributed by atoms with van der Waals surface area (Å²) in [5.41, 5.74) is 1.31. The van der Waals surface area contributed by atoms with E-state index >= 15 is 4.39 Å². The molecule has 0 saturated heterocycles. The molecule has 2 aromatic carbocycles. The van der Waals surface area contributed by atoms with Crippen molar-refractivity contribution in [2.45, 2.75) is 72.1 Å². The zero-order valence-electron chi connectivity index (χ0n) is 26.7. The van der Waals surface area contributed by atoms with Crippen LogP contribution in [0.4, 0.5) is 17.6 Å². The average molecular weight is 632 g/mol. The van der Waals surface area contributed by atoms with Gasteiger partial charge in [0.2, 0.25) is 5.91 Å². The van der Waals surface area contributed by atoms with Gasteiger partial charge in [-0.15, -0.1) is 0 Å². The van der Waals surface area contributed by atoms with Crippen molar-refractivity contribution >= 4 is 11.9 Å². The molecule has 11 heteroatoms. The molecular weight excluding hydrogens is 590 g/mol. The topological polar surface area (TPSA) is 91.6 Å². The van der Waals surface area contributed by atoms with Crippen molar-refractivity contribution in [2.75, 3.05) is 20.6 Å². The Kier molecular flexibility index (Phi) is 11.4. The highest BCUT2D eigenvalue weighted by Crippen LogP contribution is 2.35. The molecule has 244 valence electrons. The minimum atomic E-state index is -4.78. The van der Waals surface area contributed by atoms with E-state index in [-0.39, 0.29) is 42.0 Å². The number of hydrogen-bond donors (Lipinski definition) is 2. The molecule has 0 saturated carbocycles. The number of benzene rings is 2. The van der Waals surface area contributed by atoms with E-state index in [1.807, 2.05) is 32.0 Å². The lowest BCUT2D eigenvalue weighted by molar-refractivity contribution is -0.139. The molecule has 0 radical (unpaired) electrons. The molecule has 45 heavy (non-hydrogen) atoms. The Bertz CT molecular complexity index is 1590. The summed E-state index contributed by atoms with van der Waals surface area (Å²) >= 11 is 0. The Balaban J connectivity index is 2.14. The first kappa shape index (κ1) is 35.5. The summed E-state index contributed by atoms with van der Waals surface area (Å²) in [5.74, 6) is -2.96. The fraction of sp³-hybridized carbons (Fsp3) is 0.441. The van der Waals surface area contributed by atoms with Gasteiger partial charge in [-0.1, -0.05) is 32.0 Å². The Morgan fingerprint density at radius 1 is 1.02 bits per heavy atom. The van der Waals surface area contributed by atoms with Gasteiger partial charge in [-0.3, -0.25) is 14.4 Å². The van der Waals surface area contributed by atoms with Crippen LogP contribution >= 0.6 is 0 Å². The van der Waals surface area contributed by atoms with E-state index in [0.717, 1.165) is 27.5 Å². The number of carbonyl (C=O) groups is 2. The Morgan fingerprint density at radius 3 is 2.18 bits per heavy atom. The van der Waals surface area contributed by atoms with Gasteiger partial charge in [-0.05, 0) is 99.1 Å². The van der Waals surface area contributed by atoms with Gasteiger partial charge in [0.15, 0.2) is 0 Å². The average Bonchev–Trinajstić information content (AvgIpc) is 2.91. The molecule has 2 atom stereocenters. The number of carbonyl (C=O) groups excluding carboxylic acids is 1. The first-order valence-electron chi connectivity index (χ1n) is 14.8. The van der Waals surface area contributed by atoms with Crippen molar-refractivity contribution in [2.24, 2.45) is 5.92 Å². The van der Waals surface area contributed by atoms with Gasteiger partial charge in [0, 0.05) is 24.4 Å². The second-order valence-corrected chi connectivity index (χ2v) is 12.3. The van der Waals surface area contributed by atoms with Gasteiger partial charge in [-0.2, -0.15) is 13.2 Å². The molecule has 1 heterocycles. The summed E-state index contributed by atoms with van der Waals surface area (Å²) in [6, 6.07) is 6.77. The number of aryl methyl sites for hydroxylation is 3. The fourth-order valence-electron chi connectivity index (χ4n) is 5.58. The number of halogens is 4. The Labute approximate surface area is 260 Å². The molecule has 0 spiro atoms. The van der Waals surface area contributed by atoms with Crippen LogP contribution in [0.1, 0.15) is 72.2 Å². The Morgan fingerprint density at radius 2 is 1.64 bits per heavy atom. The molecule has 0 aliphatic rings. The maximum atomic E-state index is 15.7.